The molecule has 7 heteroatoms. The van der Waals surface area contributed by atoms with Crippen LogP contribution in [0.1, 0.15) is 19.7 Å². The molecule has 0 spiro atoms. The monoisotopic (exact) mass is 262 g/mol. The number of hydrogen-bond acceptors (Lipinski definition) is 4. The first kappa shape index (κ1) is 14.5. The molecule has 1 rings (SSSR count). The maximum Gasteiger partial charge on any atom is 0.405 e. The number of nitrogens with zero attached hydrogens (tertiary/aromatic N) is 3. The van der Waals surface area contributed by atoms with Crippen LogP contribution < -0.4 is 10.2 Å². The van der Waals surface area contributed by atoms with Gasteiger partial charge in [0.15, 0.2) is 0 Å². The SMILES string of the molecule is CCNc1cc(N(CC)CC(F)(F)F)nc(C)n1. The van der Waals surface area contributed by atoms with Gasteiger partial charge in [0.25, 0.3) is 0 Å². The highest BCUT2D eigenvalue weighted by Gasteiger charge is 2.31. The number of alkyl halides is 3. The third kappa shape index (κ3) is 4.38. The van der Waals surface area contributed by atoms with Gasteiger partial charge in [0, 0.05) is 19.2 Å². The van der Waals surface area contributed by atoms with E-state index in [9.17, 15) is 13.2 Å². The van der Waals surface area contributed by atoms with Crippen molar-refractivity contribution in [1.29, 1.82) is 0 Å². The first-order valence-electron chi connectivity index (χ1n) is 5.77. The Balaban J connectivity index is 2.98. The lowest BCUT2D eigenvalue weighted by molar-refractivity contribution is -0.119. The molecule has 1 heterocycles. The zero-order valence-electron chi connectivity index (χ0n) is 10.7. The number of nitrogens with one attached hydrogen (secondary N) is 1. The summed E-state index contributed by atoms with van der Waals surface area (Å²) in [6.45, 7) is 5.10. The summed E-state index contributed by atoms with van der Waals surface area (Å²) in [6.07, 6.45) is -4.24. The highest BCUT2D eigenvalue weighted by molar-refractivity contribution is 5.49. The molecule has 0 saturated carbocycles. The van der Waals surface area contributed by atoms with Crippen LogP contribution in [0, 0.1) is 6.92 Å². The van der Waals surface area contributed by atoms with E-state index in [4.69, 9.17) is 0 Å². The van der Waals surface area contributed by atoms with E-state index in [0.717, 1.165) is 0 Å². The van der Waals surface area contributed by atoms with Gasteiger partial charge < -0.3 is 10.2 Å². The molecule has 0 aromatic carbocycles. The molecule has 0 aliphatic heterocycles. The predicted molar refractivity (Wildman–Crippen MR) is 64.9 cm³/mol. The summed E-state index contributed by atoms with van der Waals surface area (Å²) in [7, 11) is 0. The Morgan fingerprint density at radius 2 is 1.94 bits per heavy atom. The minimum absolute atomic E-state index is 0.238. The van der Waals surface area contributed by atoms with Crippen molar-refractivity contribution >= 4 is 11.6 Å². The van der Waals surface area contributed by atoms with Gasteiger partial charge in [0.2, 0.25) is 0 Å². The average Bonchev–Trinajstić information content (AvgIpc) is 2.24. The fourth-order valence-corrected chi connectivity index (χ4v) is 1.56. The zero-order chi connectivity index (χ0) is 13.8. The van der Waals surface area contributed by atoms with Crippen LogP contribution in [0.5, 0.6) is 0 Å². The van der Waals surface area contributed by atoms with Gasteiger partial charge in [-0.05, 0) is 20.8 Å². The maximum atomic E-state index is 12.4. The van der Waals surface area contributed by atoms with Crippen LogP contribution in [0.3, 0.4) is 0 Å². The van der Waals surface area contributed by atoms with Crippen LogP contribution in [0.25, 0.3) is 0 Å². The Morgan fingerprint density at radius 3 is 2.44 bits per heavy atom. The van der Waals surface area contributed by atoms with E-state index in [1.165, 1.54) is 11.0 Å². The molecule has 102 valence electrons. The Labute approximate surface area is 104 Å². The van der Waals surface area contributed by atoms with Gasteiger partial charge in [0.1, 0.15) is 24.0 Å². The molecule has 0 atom stereocenters. The largest absolute Gasteiger partial charge is 0.405 e. The molecule has 0 saturated heterocycles. The quantitative estimate of drug-likeness (QED) is 0.885. The minimum atomic E-state index is -4.24. The molecular formula is C11H17F3N4. The first-order chi connectivity index (χ1) is 8.35. The highest BCUT2D eigenvalue weighted by Crippen LogP contribution is 2.22. The topological polar surface area (TPSA) is 41.0 Å². The Morgan fingerprint density at radius 1 is 1.28 bits per heavy atom. The molecule has 0 bridgehead atoms. The highest BCUT2D eigenvalue weighted by atomic mass is 19.4. The molecule has 18 heavy (non-hydrogen) atoms. The van der Waals surface area contributed by atoms with Crippen molar-refractivity contribution < 1.29 is 13.2 Å². The molecule has 0 aliphatic carbocycles. The van der Waals surface area contributed by atoms with E-state index < -0.39 is 12.7 Å². The molecule has 0 amide bonds. The van der Waals surface area contributed by atoms with Gasteiger partial charge in [-0.15, -0.1) is 0 Å². The average molecular weight is 262 g/mol. The molecule has 0 fully saturated rings. The second-order valence-corrected chi connectivity index (χ2v) is 3.82. The lowest BCUT2D eigenvalue weighted by Crippen LogP contribution is -2.34. The number of anilines is 2. The number of hydrogen-bond donors (Lipinski definition) is 1. The van der Waals surface area contributed by atoms with Crippen LogP contribution in [0.4, 0.5) is 24.8 Å². The minimum Gasteiger partial charge on any atom is -0.370 e. The fourth-order valence-electron chi connectivity index (χ4n) is 1.56. The summed E-state index contributed by atoms with van der Waals surface area (Å²) in [5, 5.41) is 2.97. The van der Waals surface area contributed by atoms with Crippen molar-refractivity contribution in [3.63, 3.8) is 0 Å². The van der Waals surface area contributed by atoms with Crippen molar-refractivity contribution in [1.82, 2.24) is 9.97 Å². The molecule has 0 radical (unpaired) electrons. The molecule has 1 N–H and O–H groups in total. The Bertz CT molecular complexity index is 392. The van der Waals surface area contributed by atoms with Gasteiger partial charge in [-0.1, -0.05) is 0 Å². The molecule has 4 nitrogen and oxygen atoms in total. The van der Waals surface area contributed by atoms with E-state index in [2.05, 4.69) is 15.3 Å². The van der Waals surface area contributed by atoms with E-state index in [1.54, 1.807) is 13.8 Å². The number of aromatic nitrogens is 2. The number of aryl methyl sites for hydroxylation is 1. The van der Waals surface area contributed by atoms with Gasteiger partial charge in [-0.25, -0.2) is 9.97 Å². The van der Waals surface area contributed by atoms with Crippen LogP contribution in [-0.4, -0.2) is 35.8 Å². The van der Waals surface area contributed by atoms with Crippen LogP contribution in [0.15, 0.2) is 6.07 Å². The van der Waals surface area contributed by atoms with Gasteiger partial charge in [-0.2, -0.15) is 13.2 Å². The third-order valence-electron chi connectivity index (χ3n) is 2.26. The fraction of sp³-hybridized carbons (Fsp3) is 0.636. The summed E-state index contributed by atoms with van der Waals surface area (Å²) >= 11 is 0. The summed E-state index contributed by atoms with van der Waals surface area (Å²) in [5.74, 6) is 1.28. The van der Waals surface area contributed by atoms with Crippen molar-refractivity contribution in [3.8, 4) is 0 Å². The van der Waals surface area contributed by atoms with Crippen molar-refractivity contribution in [3.05, 3.63) is 11.9 Å². The lowest BCUT2D eigenvalue weighted by Gasteiger charge is -2.23. The molecule has 0 unspecified atom stereocenters. The lowest BCUT2D eigenvalue weighted by atomic mass is 10.4. The predicted octanol–water partition coefficient (Wildman–Crippen LogP) is 2.61. The van der Waals surface area contributed by atoms with Crippen LogP contribution >= 0.6 is 0 Å². The van der Waals surface area contributed by atoms with E-state index in [1.807, 2.05) is 6.92 Å². The molecule has 1 aromatic heterocycles. The second kappa shape index (κ2) is 5.88. The smallest absolute Gasteiger partial charge is 0.370 e. The van der Waals surface area contributed by atoms with Crippen LogP contribution in [-0.2, 0) is 0 Å². The zero-order valence-corrected chi connectivity index (χ0v) is 10.7. The van der Waals surface area contributed by atoms with E-state index in [-0.39, 0.29) is 6.54 Å². The van der Waals surface area contributed by atoms with Crippen LogP contribution in [0.2, 0.25) is 0 Å². The third-order valence-corrected chi connectivity index (χ3v) is 2.26. The second-order valence-electron chi connectivity index (χ2n) is 3.82. The van der Waals surface area contributed by atoms with Crippen molar-refractivity contribution in [2.24, 2.45) is 0 Å². The summed E-state index contributed by atoms with van der Waals surface area (Å²) in [5.41, 5.74) is 0. The van der Waals surface area contributed by atoms with Gasteiger partial charge in [-0.3, -0.25) is 0 Å². The first-order valence-corrected chi connectivity index (χ1v) is 5.77. The molecule has 1 aromatic rings. The van der Waals surface area contributed by atoms with Gasteiger partial charge in [0.05, 0.1) is 0 Å². The Hall–Kier alpha value is -1.53. The summed E-state index contributed by atoms with van der Waals surface area (Å²) in [6, 6.07) is 1.53. The summed E-state index contributed by atoms with van der Waals surface area (Å²) in [4.78, 5) is 9.33. The van der Waals surface area contributed by atoms with Crippen molar-refractivity contribution in [2.45, 2.75) is 26.9 Å². The van der Waals surface area contributed by atoms with E-state index >= 15 is 0 Å². The van der Waals surface area contributed by atoms with Gasteiger partial charge >= 0.3 is 6.18 Å². The molecular weight excluding hydrogens is 245 g/mol. The number of halogens is 3. The number of rotatable bonds is 5. The molecule has 0 aliphatic rings. The maximum absolute atomic E-state index is 12.4. The van der Waals surface area contributed by atoms with E-state index in [0.29, 0.717) is 24.0 Å². The van der Waals surface area contributed by atoms with Crippen molar-refractivity contribution in [2.75, 3.05) is 29.9 Å². The standard InChI is InChI=1S/C11H17F3N4/c1-4-15-9-6-10(17-8(3)16-9)18(5-2)7-11(12,13)14/h6H,4-5,7H2,1-3H3,(H,15,16,17). The summed E-state index contributed by atoms with van der Waals surface area (Å²) < 4.78 is 37.3. The Kier molecular flexibility index (Phi) is 4.75. The normalized spacial score (nSPS) is 11.4.